The predicted molar refractivity (Wildman–Crippen MR) is 76.0 cm³/mol. The Labute approximate surface area is 120 Å². The molecule has 2 aliphatic rings. The Kier molecular flexibility index (Phi) is 5.83. The van der Waals surface area contributed by atoms with Crippen LogP contribution in [0.3, 0.4) is 0 Å². The van der Waals surface area contributed by atoms with Crippen molar-refractivity contribution in [2.75, 3.05) is 19.6 Å². The fourth-order valence-electron chi connectivity index (χ4n) is 3.19. The number of hydrogen-bond acceptors (Lipinski definition) is 3. The summed E-state index contributed by atoms with van der Waals surface area (Å²) in [6.07, 6.45) is 7.75. The Morgan fingerprint density at radius 1 is 1.10 bits per heavy atom. The molecule has 114 valence electrons. The Hall–Kier alpha value is -1.10. The number of carbonyl (C=O) groups is 2. The molecule has 0 aromatic heterocycles. The number of rotatable bonds is 4. The third-order valence-electron chi connectivity index (χ3n) is 4.38. The van der Waals surface area contributed by atoms with Gasteiger partial charge in [-0.15, -0.1) is 0 Å². The monoisotopic (exact) mass is 282 g/mol. The number of β-amino-alcohol motifs (C(OH)–C–C–N with tert-alkyl or cyclic N) is 1. The molecule has 5 heteroatoms. The van der Waals surface area contributed by atoms with Gasteiger partial charge < -0.3 is 15.3 Å². The Morgan fingerprint density at radius 2 is 1.85 bits per heavy atom. The third kappa shape index (κ3) is 4.78. The van der Waals surface area contributed by atoms with Gasteiger partial charge in [-0.2, -0.15) is 0 Å². The molecule has 1 heterocycles. The molecule has 0 spiro atoms. The van der Waals surface area contributed by atoms with E-state index in [9.17, 15) is 14.7 Å². The van der Waals surface area contributed by atoms with E-state index >= 15 is 0 Å². The van der Waals surface area contributed by atoms with E-state index in [1.54, 1.807) is 4.90 Å². The van der Waals surface area contributed by atoms with Crippen LogP contribution < -0.4 is 5.32 Å². The van der Waals surface area contributed by atoms with Crippen LogP contribution in [0.1, 0.15) is 51.4 Å². The largest absolute Gasteiger partial charge is 0.391 e. The second-order valence-corrected chi connectivity index (χ2v) is 6.12. The van der Waals surface area contributed by atoms with Gasteiger partial charge in [0.25, 0.3) is 0 Å². The SMILES string of the molecule is O=C(CC1CCCCC1)NCC(=O)N1CCCC(O)C1. The summed E-state index contributed by atoms with van der Waals surface area (Å²) in [5.41, 5.74) is 0. The maximum atomic E-state index is 11.9. The molecular weight excluding hydrogens is 256 g/mol. The van der Waals surface area contributed by atoms with Crippen molar-refractivity contribution >= 4 is 11.8 Å². The van der Waals surface area contributed by atoms with Gasteiger partial charge in [0.1, 0.15) is 0 Å². The lowest BCUT2D eigenvalue weighted by Gasteiger charge is -2.30. The van der Waals surface area contributed by atoms with E-state index in [4.69, 9.17) is 0 Å². The normalized spacial score (nSPS) is 24.4. The van der Waals surface area contributed by atoms with Crippen molar-refractivity contribution in [1.82, 2.24) is 10.2 Å². The topological polar surface area (TPSA) is 69.6 Å². The average Bonchev–Trinajstić information content (AvgIpc) is 2.46. The van der Waals surface area contributed by atoms with Crippen molar-refractivity contribution in [3.8, 4) is 0 Å². The molecule has 1 atom stereocenters. The van der Waals surface area contributed by atoms with Crippen LogP contribution in [-0.4, -0.2) is 47.6 Å². The van der Waals surface area contributed by atoms with Crippen molar-refractivity contribution in [3.05, 3.63) is 0 Å². The quantitative estimate of drug-likeness (QED) is 0.810. The molecule has 0 bridgehead atoms. The van der Waals surface area contributed by atoms with E-state index in [0.29, 0.717) is 25.4 Å². The fraction of sp³-hybridized carbons (Fsp3) is 0.867. The highest BCUT2D eigenvalue weighted by atomic mass is 16.3. The molecule has 1 saturated carbocycles. The van der Waals surface area contributed by atoms with Crippen LogP contribution in [0, 0.1) is 5.92 Å². The summed E-state index contributed by atoms with van der Waals surface area (Å²) >= 11 is 0. The number of nitrogens with zero attached hydrogens (tertiary/aromatic N) is 1. The number of likely N-dealkylation sites (tertiary alicyclic amines) is 1. The number of aliphatic hydroxyl groups is 1. The number of hydrogen-bond donors (Lipinski definition) is 2. The summed E-state index contributed by atoms with van der Waals surface area (Å²) in [5, 5.41) is 12.3. The second kappa shape index (κ2) is 7.62. The fourth-order valence-corrected chi connectivity index (χ4v) is 3.19. The molecule has 1 unspecified atom stereocenters. The average molecular weight is 282 g/mol. The van der Waals surface area contributed by atoms with Gasteiger partial charge in [-0.3, -0.25) is 9.59 Å². The van der Waals surface area contributed by atoms with E-state index in [1.807, 2.05) is 0 Å². The van der Waals surface area contributed by atoms with Gasteiger partial charge in [-0.25, -0.2) is 0 Å². The van der Waals surface area contributed by atoms with Gasteiger partial charge >= 0.3 is 0 Å². The zero-order valence-electron chi connectivity index (χ0n) is 12.1. The van der Waals surface area contributed by atoms with Gasteiger partial charge in [0.2, 0.25) is 11.8 Å². The minimum Gasteiger partial charge on any atom is -0.391 e. The smallest absolute Gasteiger partial charge is 0.242 e. The highest BCUT2D eigenvalue weighted by Gasteiger charge is 2.22. The number of nitrogens with one attached hydrogen (secondary N) is 1. The molecule has 2 N–H and O–H groups in total. The summed E-state index contributed by atoms with van der Waals surface area (Å²) in [4.78, 5) is 25.4. The van der Waals surface area contributed by atoms with Crippen LogP contribution in [-0.2, 0) is 9.59 Å². The summed E-state index contributed by atoms with van der Waals surface area (Å²) in [5.74, 6) is 0.402. The van der Waals surface area contributed by atoms with Gasteiger partial charge in [0, 0.05) is 19.5 Å². The van der Waals surface area contributed by atoms with Crippen LogP contribution in [0.5, 0.6) is 0 Å². The van der Waals surface area contributed by atoms with Crippen LogP contribution >= 0.6 is 0 Å². The Balaban J connectivity index is 1.65. The molecular formula is C15H26N2O3. The van der Waals surface area contributed by atoms with Crippen molar-refractivity contribution in [2.24, 2.45) is 5.92 Å². The van der Waals surface area contributed by atoms with Crippen LogP contribution in [0.2, 0.25) is 0 Å². The zero-order valence-corrected chi connectivity index (χ0v) is 12.1. The van der Waals surface area contributed by atoms with Crippen molar-refractivity contribution in [3.63, 3.8) is 0 Å². The zero-order chi connectivity index (χ0) is 14.4. The van der Waals surface area contributed by atoms with Crippen LogP contribution in [0.4, 0.5) is 0 Å². The van der Waals surface area contributed by atoms with E-state index in [2.05, 4.69) is 5.32 Å². The summed E-state index contributed by atoms with van der Waals surface area (Å²) in [7, 11) is 0. The molecule has 1 saturated heterocycles. The minimum atomic E-state index is -0.411. The van der Waals surface area contributed by atoms with Gasteiger partial charge in [0.15, 0.2) is 0 Å². The van der Waals surface area contributed by atoms with Crippen molar-refractivity contribution < 1.29 is 14.7 Å². The first-order valence-corrected chi connectivity index (χ1v) is 7.87. The Bertz CT molecular complexity index is 340. The summed E-state index contributed by atoms with van der Waals surface area (Å²) in [6.45, 7) is 1.16. The summed E-state index contributed by atoms with van der Waals surface area (Å²) in [6, 6.07) is 0. The van der Waals surface area contributed by atoms with Gasteiger partial charge in [-0.1, -0.05) is 19.3 Å². The lowest BCUT2D eigenvalue weighted by atomic mass is 9.87. The highest BCUT2D eigenvalue weighted by molar-refractivity contribution is 5.84. The molecule has 0 aromatic rings. The molecule has 1 aliphatic carbocycles. The number of piperidine rings is 1. The van der Waals surface area contributed by atoms with Gasteiger partial charge in [-0.05, 0) is 31.6 Å². The second-order valence-electron chi connectivity index (χ2n) is 6.12. The van der Waals surface area contributed by atoms with Gasteiger partial charge in [0.05, 0.1) is 12.6 Å². The van der Waals surface area contributed by atoms with Crippen molar-refractivity contribution in [1.29, 1.82) is 0 Å². The maximum Gasteiger partial charge on any atom is 0.242 e. The number of aliphatic hydroxyl groups excluding tert-OH is 1. The lowest BCUT2D eigenvalue weighted by Crippen LogP contribution is -2.46. The number of carbonyl (C=O) groups excluding carboxylic acids is 2. The summed E-state index contributed by atoms with van der Waals surface area (Å²) < 4.78 is 0. The Morgan fingerprint density at radius 3 is 2.55 bits per heavy atom. The first-order chi connectivity index (χ1) is 9.65. The molecule has 2 amide bonds. The first kappa shape index (κ1) is 15.3. The standard InChI is InChI=1S/C15H26N2O3/c18-13-7-4-8-17(11-13)15(20)10-16-14(19)9-12-5-2-1-3-6-12/h12-13,18H,1-11H2,(H,16,19). The van der Waals surface area contributed by atoms with Crippen LogP contribution in [0.15, 0.2) is 0 Å². The molecule has 0 radical (unpaired) electrons. The minimum absolute atomic E-state index is 0.0113. The molecule has 0 aromatic carbocycles. The van der Waals surface area contributed by atoms with E-state index < -0.39 is 6.10 Å². The van der Waals surface area contributed by atoms with E-state index in [-0.39, 0.29) is 18.4 Å². The van der Waals surface area contributed by atoms with Crippen LogP contribution in [0.25, 0.3) is 0 Å². The third-order valence-corrected chi connectivity index (χ3v) is 4.38. The maximum absolute atomic E-state index is 11.9. The molecule has 1 aliphatic heterocycles. The number of amides is 2. The molecule has 5 nitrogen and oxygen atoms in total. The predicted octanol–water partition coefficient (Wildman–Crippen LogP) is 1.06. The first-order valence-electron chi connectivity index (χ1n) is 7.87. The molecule has 2 fully saturated rings. The van der Waals surface area contributed by atoms with E-state index in [1.165, 1.54) is 19.3 Å². The van der Waals surface area contributed by atoms with E-state index in [0.717, 1.165) is 25.7 Å². The molecule has 2 rings (SSSR count). The van der Waals surface area contributed by atoms with Crippen molar-refractivity contribution in [2.45, 2.75) is 57.5 Å². The highest BCUT2D eigenvalue weighted by Crippen LogP contribution is 2.25. The molecule has 20 heavy (non-hydrogen) atoms. The lowest BCUT2D eigenvalue weighted by molar-refractivity contribution is -0.135.